The molecule has 0 radical (unpaired) electrons. The van der Waals surface area contributed by atoms with Crippen molar-refractivity contribution >= 4 is 12.0 Å². The highest BCUT2D eigenvalue weighted by atomic mass is 16.4. The smallest absolute Gasteiger partial charge is 0.315 e. The van der Waals surface area contributed by atoms with E-state index in [0.717, 1.165) is 11.1 Å². The standard InChI is InChI=1S/C15H20N2O3/c1-10(11-6-7-11)17-15(20)16-9-13-5-3-2-4-12(13)8-14(18)19/h2-5,10-11H,6-9H2,1H3,(H,18,19)(H2,16,17,20). The number of carboxylic acids is 1. The summed E-state index contributed by atoms with van der Waals surface area (Å²) in [5.41, 5.74) is 1.57. The van der Waals surface area contributed by atoms with E-state index >= 15 is 0 Å². The molecular weight excluding hydrogens is 256 g/mol. The molecule has 5 nitrogen and oxygen atoms in total. The predicted octanol–water partition coefficient (Wildman–Crippen LogP) is 1.91. The van der Waals surface area contributed by atoms with Gasteiger partial charge in [-0.2, -0.15) is 0 Å². The monoisotopic (exact) mass is 276 g/mol. The summed E-state index contributed by atoms with van der Waals surface area (Å²) in [6.07, 6.45) is 2.34. The number of urea groups is 1. The molecule has 5 heteroatoms. The number of carboxylic acid groups (broad SMARTS) is 1. The molecule has 1 unspecified atom stereocenters. The number of aliphatic carboxylic acids is 1. The summed E-state index contributed by atoms with van der Waals surface area (Å²) in [6, 6.07) is 7.25. The van der Waals surface area contributed by atoms with Gasteiger partial charge in [-0.3, -0.25) is 4.79 Å². The van der Waals surface area contributed by atoms with Crippen LogP contribution in [0, 0.1) is 5.92 Å². The Hall–Kier alpha value is -2.04. The maximum atomic E-state index is 11.8. The quantitative estimate of drug-likeness (QED) is 0.742. The Bertz CT molecular complexity index is 498. The average Bonchev–Trinajstić information content (AvgIpc) is 3.21. The molecule has 108 valence electrons. The minimum atomic E-state index is -0.871. The van der Waals surface area contributed by atoms with Crippen LogP contribution in [0.2, 0.25) is 0 Å². The van der Waals surface area contributed by atoms with E-state index in [9.17, 15) is 9.59 Å². The molecule has 1 fully saturated rings. The van der Waals surface area contributed by atoms with Gasteiger partial charge in [-0.05, 0) is 36.8 Å². The first-order valence-corrected chi connectivity index (χ1v) is 6.89. The van der Waals surface area contributed by atoms with Crippen LogP contribution in [-0.2, 0) is 17.8 Å². The summed E-state index contributed by atoms with van der Waals surface area (Å²) in [5, 5.41) is 14.5. The fourth-order valence-corrected chi connectivity index (χ4v) is 2.21. The van der Waals surface area contributed by atoms with Gasteiger partial charge in [0.2, 0.25) is 0 Å². The van der Waals surface area contributed by atoms with E-state index in [2.05, 4.69) is 10.6 Å². The molecule has 20 heavy (non-hydrogen) atoms. The van der Waals surface area contributed by atoms with Gasteiger partial charge in [0.15, 0.2) is 0 Å². The van der Waals surface area contributed by atoms with Crippen molar-refractivity contribution in [3.8, 4) is 0 Å². The van der Waals surface area contributed by atoms with Crippen LogP contribution in [0.3, 0.4) is 0 Å². The lowest BCUT2D eigenvalue weighted by Gasteiger charge is -2.14. The Kier molecular flexibility index (Phi) is 4.61. The van der Waals surface area contributed by atoms with Gasteiger partial charge in [0.25, 0.3) is 0 Å². The highest BCUT2D eigenvalue weighted by Crippen LogP contribution is 2.32. The lowest BCUT2D eigenvalue weighted by Crippen LogP contribution is -2.41. The van der Waals surface area contributed by atoms with E-state index in [4.69, 9.17) is 5.11 Å². The summed E-state index contributed by atoms with van der Waals surface area (Å²) < 4.78 is 0. The largest absolute Gasteiger partial charge is 0.481 e. The molecule has 0 aliphatic heterocycles. The Morgan fingerprint density at radius 2 is 1.95 bits per heavy atom. The Morgan fingerprint density at radius 1 is 1.30 bits per heavy atom. The molecule has 1 saturated carbocycles. The van der Waals surface area contributed by atoms with Gasteiger partial charge in [-0.25, -0.2) is 4.79 Å². The van der Waals surface area contributed by atoms with Crippen molar-refractivity contribution in [2.24, 2.45) is 5.92 Å². The lowest BCUT2D eigenvalue weighted by atomic mass is 10.0. The third-order valence-electron chi connectivity index (χ3n) is 3.59. The second-order valence-electron chi connectivity index (χ2n) is 5.29. The number of carbonyl (C=O) groups excluding carboxylic acids is 1. The number of carbonyl (C=O) groups is 2. The molecule has 1 atom stereocenters. The Balaban J connectivity index is 1.86. The van der Waals surface area contributed by atoms with E-state index in [1.54, 1.807) is 12.1 Å². The number of nitrogens with one attached hydrogen (secondary N) is 2. The summed E-state index contributed by atoms with van der Waals surface area (Å²) >= 11 is 0. The first-order chi connectivity index (χ1) is 9.56. The second-order valence-corrected chi connectivity index (χ2v) is 5.29. The zero-order valence-electron chi connectivity index (χ0n) is 11.6. The molecule has 1 aromatic rings. The fourth-order valence-electron chi connectivity index (χ4n) is 2.21. The Labute approximate surface area is 118 Å². The van der Waals surface area contributed by atoms with Gasteiger partial charge in [0.05, 0.1) is 6.42 Å². The van der Waals surface area contributed by atoms with Crippen LogP contribution in [0.15, 0.2) is 24.3 Å². The highest BCUT2D eigenvalue weighted by molar-refractivity contribution is 5.74. The average molecular weight is 276 g/mol. The number of hydrogen-bond acceptors (Lipinski definition) is 2. The normalized spacial score (nSPS) is 15.4. The molecule has 0 heterocycles. The van der Waals surface area contributed by atoms with Crippen molar-refractivity contribution < 1.29 is 14.7 Å². The number of hydrogen-bond donors (Lipinski definition) is 3. The van der Waals surface area contributed by atoms with E-state index in [0.29, 0.717) is 12.5 Å². The third-order valence-corrected chi connectivity index (χ3v) is 3.59. The summed E-state index contributed by atoms with van der Waals surface area (Å²) in [5.74, 6) is -0.260. The first-order valence-electron chi connectivity index (χ1n) is 6.89. The maximum Gasteiger partial charge on any atom is 0.315 e. The highest BCUT2D eigenvalue weighted by Gasteiger charge is 2.28. The molecule has 1 aliphatic carbocycles. The SMILES string of the molecule is CC(NC(=O)NCc1ccccc1CC(=O)O)C1CC1. The first kappa shape index (κ1) is 14.4. The zero-order valence-corrected chi connectivity index (χ0v) is 11.6. The van der Waals surface area contributed by atoms with Gasteiger partial charge in [0, 0.05) is 12.6 Å². The lowest BCUT2D eigenvalue weighted by molar-refractivity contribution is -0.136. The van der Waals surface area contributed by atoms with E-state index in [1.807, 2.05) is 19.1 Å². The number of rotatable bonds is 6. The van der Waals surface area contributed by atoms with Crippen LogP contribution in [0.5, 0.6) is 0 Å². The predicted molar refractivity (Wildman–Crippen MR) is 75.3 cm³/mol. The van der Waals surface area contributed by atoms with Crippen LogP contribution in [-0.4, -0.2) is 23.1 Å². The molecule has 0 saturated heterocycles. The zero-order chi connectivity index (χ0) is 14.5. The van der Waals surface area contributed by atoms with Crippen LogP contribution in [0.25, 0.3) is 0 Å². The van der Waals surface area contributed by atoms with Crippen LogP contribution >= 0.6 is 0 Å². The molecule has 0 aromatic heterocycles. The van der Waals surface area contributed by atoms with Crippen molar-refractivity contribution in [2.45, 2.75) is 38.8 Å². The molecule has 0 spiro atoms. The van der Waals surface area contributed by atoms with Crippen molar-refractivity contribution in [1.82, 2.24) is 10.6 Å². The molecule has 3 N–H and O–H groups in total. The van der Waals surface area contributed by atoms with Gasteiger partial charge in [0.1, 0.15) is 0 Å². The van der Waals surface area contributed by atoms with Crippen LogP contribution in [0.1, 0.15) is 30.9 Å². The van der Waals surface area contributed by atoms with E-state index in [1.165, 1.54) is 12.8 Å². The van der Waals surface area contributed by atoms with Gasteiger partial charge >= 0.3 is 12.0 Å². The maximum absolute atomic E-state index is 11.8. The van der Waals surface area contributed by atoms with Crippen LogP contribution in [0.4, 0.5) is 4.79 Å². The number of amides is 2. The Morgan fingerprint density at radius 3 is 2.55 bits per heavy atom. The topological polar surface area (TPSA) is 78.4 Å². The summed E-state index contributed by atoms with van der Waals surface area (Å²) in [4.78, 5) is 22.5. The van der Waals surface area contributed by atoms with E-state index in [-0.39, 0.29) is 18.5 Å². The molecule has 1 aromatic carbocycles. The minimum absolute atomic E-state index is 0.0298. The second kappa shape index (κ2) is 6.41. The third kappa shape index (κ3) is 4.26. The van der Waals surface area contributed by atoms with Crippen molar-refractivity contribution in [2.75, 3.05) is 0 Å². The van der Waals surface area contributed by atoms with Crippen LogP contribution < -0.4 is 10.6 Å². The van der Waals surface area contributed by atoms with Gasteiger partial charge in [-0.15, -0.1) is 0 Å². The van der Waals surface area contributed by atoms with Crippen molar-refractivity contribution in [1.29, 1.82) is 0 Å². The molecule has 2 rings (SSSR count). The fraction of sp³-hybridized carbons (Fsp3) is 0.467. The van der Waals surface area contributed by atoms with Crippen molar-refractivity contribution in [3.05, 3.63) is 35.4 Å². The molecule has 1 aliphatic rings. The molecule has 2 amide bonds. The molecule has 0 bridgehead atoms. The van der Waals surface area contributed by atoms with Crippen molar-refractivity contribution in [3.63, 3.8) is 0 Å². The number of benzene rings is 1. The summed E-state index contributed by atoms with van der Waals surface area (Å²) in [6.45, 7) is 2.35. The van der Waals surface area contributed by atoms with Gasteiger partial charge in [-0.1, -0.05) is 24.3 Å². The van der Waals surface area contributed by atoms with Gasteiger partial charge < -0.3 is 15.7 Å². The summed E-state index contributed by atoms with van der Waals surface area (Å²) in [7, 11) is 0. The minimum Gasteiger partial charge on any atom is -0.481 e. The molecular formula is C15H20N2O3. The van der Waals surface area contributed by atoms with E-state index < -0.39 is 5.97 Å².